The van der Waals surface area contributed by atoms with E-state index in [1.807, 2.05) is 4.90 Å². The normalized spacial score (nSPS) is 27.3. The number of hydrogen-bond acceptors (Lipinski definition) is 3. The zero-order valence-corrected chi connectivity index (χ0v) is 11.3. The number of hydrogen-bond donors (Lipinski definition) is 1. The van der Waals surface area contributed by atoms with Crippen LogP contribution in [-0.4, -0.2) is 35.1 Å². The molecule has 0 spiro atoms. The summed E-state index contributed by atoms with van der Waals surface area (Å²) < 4.78 is 0. The van der Waals surface area contributed by atoms with Gasteiger partial charge in [-0.05, 0) is 49.1 Å². The van der Waals surface area contributed by atoms with Gasteiger partial charge in [0, 0.05) is 11.4 Å². The minimum Gasteiger partial charge on any atom is -0.394 e. The van der Waals surface area contributed by atoms with Crippen molar-refractivity contribution in [1.82, 2.24) is 4.90 Å². The third kappa shape index (κ3) is 1.97. The highest BCUT2D eigenvalue weighted by atomic mass is 32.1. The van der Waals surface area contributed by atoms with Crippen molar-refractivity contribution in [3.05, 3.63) is 21.9 Å². The summed E-state index contributed by atoms with van der Waals surface area (Å²) in [5.74, 6) is 0.290. The van der Waals surface area contributed by atoms with Gasteiger partial charge in [0.1, 0.15) is 0 Å². The van der Waals surface area contributed by atoms with Crippen LogP contribution in [0.15, 0.2) is 11.4 Å². The van der Waals surface area contributed by atoms with E-state index < -0.39 is 0 Å². The highest BCUT2D eigenvalue weighted by Gasteiger charge is 2.35. The van der Waals surface area contributed by atoms with Gasteiger partial charge in [0.2, 0.25) is 5.91 Å². The van der Waals surface area contributed by atoms with Crippen molar-refractivity contribution in [3.63, 3.8) is 0 Å². The largest absolute Gasteiger partial charge is 0.394 e. The van der Waals surface area contributed by atoms with Gasteiger partial charge >= 0.3 is 0 Å². The SMILES string of the molecule is O=C(C1CCCc2sccc21)N1CCC[C@@H]1CO. The standard InChI is InChI=1S/C14H19NO2S/c16-9-10-3-2-7-15(10)14(17)12-4-1-5-13-11(12)6-8-18-13/h6,8,10,12,16H,1-5,7,9H2/t10-,12?/m1/s1. The predicted molar refractivity (Wildman–Crippen MR) is 71.8 cm³/mol. The van der Waals surface area contributed by atoms with Crippen LogP contribution in [0.4, 0.5) is 0 Å². The first kappa shape index (κ1) is 12.2. The number of nitrogens with zero attached hydrogens (tertiary/aromatic N) is 1. The Bertz CT molecular complexity index is 443. The topological polar surface area (TPSA) is 40.5 Å². The van der Waals surface area contributed by atoms with Crippen molar-refractivity contribution < 1.29 is 9.90 Å². The fourth-order valence-electron chi connectivity index (χ4n) is 3.26. The first-order chi connectivity index (χ1) is 8.81. The molecule has 0 bridgehead atoms. The molecule has 2 atom stereocenters. The summed E-state index contributed by atoms with van der Waals surface area (Å²) in [4.78, 5) is 16.0. The quantitative estimate of drug-likeness (QED) is 0.890. The maximum absolute atomic E-state index is 12.6. The predicted octanol–water partition coefficient (Wildman–Crippen LogP) is 2.15. The summed E-state index contributed by atoms with van der Waals surface area (Å²) in [6, 6.07) is 2.17. The Morgan fingerprint density at radius 2 is 2.33 bits per heavy atom. The fraction of sp³-hybridized carbons (Fsp3) is 0.643. The second-order valence-electron chi connectivity index (χ2n) is 5.25. The maximum atomic E-state index is 12.6. The van der Waals surface area contributed by atoms with Gasteiger partial charge in [-0.1, -0.05) is 0 Å². The van der Waals surface area contributed by atoms with Gasteiger partial charge in [-0.2, -0.15) is 0 Å². The number of aryl methyl sites for hydroxylation is 1. The molecule has 1 unspecified atom stereocenters. The van der Waals surface area contributed by atoms with Crippen molar-refractivity contribution in [2.45, 2.75) is 44.1 Å². The Morgan fingerprint density at radius 1 is 1.44 bits per heavy atom. The molecule has 1 aliphatic carbocycles. The van der Waals surface area contributed by atoms with Crippen LogP contribution >= 0.6 is 11.3 Å². The summed E-state index contributed by atoms with van der Waals surface area (Å²) >= 11 is 1.78. The van der Waals surface area contributed by atoms with E-state index in [9.17, 15) is 9.90 Å². The van der Waals surface area contributed by atoms with Crippen LogP contribution in [-0.2, 0) is 11.2 Å². The molecule has 3 nitrogen and oxygen atoms in total. The van der Waals surface area contributed by atoms with E-state index in [0.29, 0.717) is 0 Å². The Hall–Kier alpha value is -0.870. The minimum absolute atomic E-state index is 0.0483. The van der Waals surface area contributed by atoms with Gasteiger partial charge in [0.05, 0.1) is 18.6 Å². The van der Waals surface area contributed by atoms with Crippen molar-refractivity contribution in [1.29, 1.82) is 0 Å². The third-order valence-electron chi connectivity index (χ3n) is 4.22. The van der Waals surface area contributed by atoms with Crippen LogP contribution in [0.1, 0.15) is 42.0 Å². The Kier molecular flexibility index (Phi) is 3.39. The van der Waals surface area contributed by atoms with Gasteiger partial charge < -0.3 is 10.0 Å². The van der Waals surface area contributed by atoms with E-state index in [4.69, 9.17) is 0 Å². The van der Waals surface area contributed by atoms with Gasteiger partial charge in [-0.3, -0.25) is 4.79 Å². The van der Waals surface area contributed by atoms with Crippen molar-refractivity contribution >= 4 is 17.2 Å². The molecule has 3 rings (SSSR count). The molecule has 1 aromatic heterocycles. The lowest BCUT2D eigenvalue weighted by Crippen LogP contribution is -2.41. The molecule has 0 aromatic carbocycles. The van der Waals surface area contributed by atoms with Crippen molar-refractivity contribution in [2.24, 2.45) is 0 Å². The number of aliphatic hydroxyl groups excluding tert-OH is 1. The van der Waals surface area contributed by atoms with E-state index in [-0.39, 0.29) is 24.5 Å². The van der Waals surface area contributed by atoms with E-state index in [2.05, 4.69) is 11.4 Å². The number of carbonyl (C=O) groups is 1. The Morgan fingerprint density at radius 3 is 3.17 bits per heavy atom. The first-order valence-electron chi connectivity index (χ1n) is 6.79. The molecule has 0 saturated carbocycles. The summed E-state index contributed by atoms with van der Waals surface area (Å²) in [5, 5.41) is 11.4. The van der Waals surface area contributed by atoms with Crippen LogP contribution in [0.3, 0.4) is 0 Å². The maximum Gasteiger partial charge on any atom is 0.230 e. The van der Waals surface area contributed by atoms with Gasteiger partial charge in [-0.25, -0.2) is 0 Å². The smallest absolute Gasteiger partial charge is 0.230 e. The second kappa shape index (κ2) is 5.02. The number of carbonyl (C=O) groups excluding carboxylic acids is 1. The monoisotopic (exact) mass is 265 g/mol. The molecule has 0 radical (unpaired) electrons. The molecule has 1 amide bonds. The molecule has 1 N–H and O–H groups in total. The molecule has 1 aliphatic heterocycles. The zero-order chi connectivity index (χ0) is 12.5. The number of thiophene rings is 1. The molecule has 1 saturated heterocycles. The van der Waals surface area contributed by atoms with E-state index >= 15 is 0 Å². The number of likely N-dealkylation sites (tertiary alicyclic amines) is 1. The van der Waals surface area contributed by atoms with E-state index in [1.54, 1.807) is 11.3 Å². The lowest BCUT2D eigenvalue weighted by molar-refractivity contribution is -0.134. The molecule has 4 heteroatoms. The lowest BCUT2D eigenvalue weighted by atomic mass is 9.86. The molecule has 1 fully saturated rings. The first-order valence-corrected chi connectivity index (χ1v) is 7.67. The molecule has 2 heterocycles. The number of amides is 1. The number of fused-ring (bicyclic) bond motifs is 1. The number of rotatable bonds is 2. The lowest BCUT2D eigenvalue weighted by Gasteiger charge is -2.30. The van der Waals surface area contributed by atoms with Crippen LogP contribution < -0.4 is 0 Å². The van der Waals surface area contributed by atoms with Gasteiger partial charge in [0.25, 0.3) is 0 Å². The van der Waals surface area contributed by atoms with Gasteiger partial charge in [0.15, 0.2) is 0 Å². The minimum atomic E-state index is 0.0483. The molecule has 2 aliphatic rings. The van der Waals surface area contributed by atoms with E-state index in [0.717, 1.165) is 38.6 Å². The van der Waals surface area contributed by atoms with Crippen molar-refractivity contribution in [2.75, 3.05) is 13.2 Å². The third-order valence-corrected chi connectivity index (χ3v) is 5.22. The van der Waals surface area contributed by atoms with Crippen LogP contribution in [0.5, 0.6) is 0 Å². The van der Waals surface area contributed by atoms with Crippen LogP contribution in [0.2, 0.25) is 0 Å². The second-order valence-corrected chi connectivity index (χ2v) is 6.25. The average molecular weight is 265 g/mol. The summed E-state index contributed by atoms with van der Waals surface area (Å²) in [6.45, 7) is 0.926. The Labute approximate surface area is 111 Å². The highest BCUT2D eigenvalue weighted by Crippen LogP contribution is 2.37. The highest BCUT2D eigenvalue weighted by molar-refractivity contribution is 7.10. The summed E-state index contributed by atoms with van der Waals surface area (Å²) in [6.07, 6.45) is 5.19. The molecule has 98 valence electrons. The van der Waals surface area contributed by atoms with E-state index in [1.165, 1.54) is 10.4 Å². The molecule has 1 aromatic rings. The molecular formula is C14H19NO2S. The summed E-state index contributed by atoms with van der Waals surface area (Å²) in [5.41, 5.74) is 1.25. The van der Waals surface area contributed by atoms with Crippen LogP contribution in [0, 0.1) is 0 Å². The van der Waals surface area contributed by atoms with Crippen LogP contribution in [0.25, 0.3) is 0 Å². The molecular weight excluding hydrogens is 246 g/mol. The summed E-state index contributed by atoms with van der Waals surface area (Å²) in [7, 11) is 0. The fourth-order valence-corrected chi connectivity index (χ4v) is 4.25. The zero-order valence-electron chi connectivity index (χ0n) is 10.5. The van der Waals surface area contributed by atoms with Crippen molar-refractivity contribution in [3.8, 4) is 0 Å². The Balaban J connectivity index is 1.82. The van der Waals surface area contributed by atoms with Gasteiger partial charge in [-0.15, -0.1) is 11.3 Å². The molecule has 18 heavy (non-hydrogen) atoms. The average Bonchev–Trinajstić information content (AvgIpc) is 3.05. The number of aliphatic hydroxyl groups is 1.